The maximum atomic E-state index is 12.4. The molecule has 0 bridgehead atoms. The highest BCUT2D eigenvalue weighted by molar-refractivity contribution is 6.39. The number of nitriles is 1. The molecule has 0 saturated carbocycles. The van der Waals surface area contributed by atoms with Crippen LogP contribution in [0, 0.1) is 11.3 Å². The normalized spacial score (nSPS) is 13.7. The number of ketones is 1. The fourth-order valence-corrected chi connectivity index (χ4v) is 2.31. The molecule has 6 heteroatoms. The van der Waals surface area contributed by atoms with Crippen molar-refractivity contribution in [3.63, 3.8) is 0 Å². The summed E-state index contributed by atoms with van der Waals surface area (Å²) in [5.74, 6) is -0.235. The standard InChI is InChI=1S/C17H11N3O3/c1-23-14-7-6-10(9-19-14)20-13(8-18)15-16(21)11-4-2-3-5-12(11)17(15)22/h2-7,9,21H,1H3. The summed E-state index contributed by atoms with van der Waals surface area (Å²) in [6.45, 7) is 0. The molecule has 0 fully saturated rings. The molecule has 1 heterocycles. The van der Waals surface area contributed by atoms with Gasteiger partial charge in [-0.1, -0.05) is 24.3 Å². The number of aliphatic hydroxyl groups excluding tert-OH is 1. The Bertz CT molecular complexity index is 890. The summed E-state index contributed by atoms with van der Waals surface area (Å²) in [7, 11) is 1.49. The van der Waals surface area contributed by atoms with E-state index in [9.17, 15) is 15.2 Å². The number of pyridine rings is 1. The maximum Gasteiger partial charge on any atom is 0.213 e. The van der Waals surface area contributed by atoms with Crippen LogP contribution in [-0.2, 0) is 0 Å². The average Bonchev–Trinajstić information content (AvgIpc) is 2.85. The number of aromatic nitrogens is 1. The number of fused-ring (bicyclic) bond motifs is 1. The van der Waals surface area contributed by atoms with Gasteiger partial charge in [0.05, 0.1) is 19.0 Å². The minimum atomic E-state index is -0.417. The molecule has 0 unspecified atom stereocenters. The van der Waals surface area contributed by atoms with Crippen molar-refractivity contribution in [3.05, 3.63) is 59.3 Å². The van der Waals surface area contributed by atoms with Crippen LogP contribution in [0.15, 0.2) is 53.2 Å². The molecule has 1 aliphatic rings. The molecule has 1 aromatic heterocycles. The monoisotopic (exact) mass is 305 g/mol. The van der Waals surface area contributed by atoms with Gasteiger partial charge in [-0.15, -0.1) is 0 Å². The molecule has 0 spiro atoms. The molecule has 0 aliphatic heterocycles. The quantitative estimate of drug-likeness (QED) is 0.880. The van der Waals surface area contributed by atoms with Gasteiger partial charge in [0, 0.05) is 17.2 Å². The number of methoxy groups -OCH3 is 1. The lowest BCUT2D eigenvalue weighted by molar-refractivity contribution is 0.104. The molecular weight excluding hydrogens is 294 g/mol. The van der Waals surface area contributed by atoms with Gasteiger partial charge in [0.1, 0.15) is 17.4 Å². The molecule has 0 amide bonds. The Morgan fingerprint density at radius 2 is 2.00 bits per heavy atom. The van der Waals surface area contributed by atoms with Crippen molar-refractivity contribution >= 4 is 22.9 Å². The summed E-state index contributed by atoms with van der Waals surface area (Å²) in [5.41, 5.74) is 0.894. The first-order chi connectivity index (χ1) is 11.2. The zero-order valence-electron chi connectivity index (χ0n) is 12.1. The molecular formula is C17H11N3O3. The molecule has 1 aromatic carbocycles. The van der Waals surface area contributed by atoms with E-state index in [-0.39, 0.29) is 17.0 Å². The number of aliphatic hydroxyl groups is 1. The lowest BCUT2D eigenvalue weighted by atomic mass is 10.1. The summed E-state index contributed by atoms with van der Waals surface area (Å²) < 4.78 is 4.95. The van der Waals surface area contributed by atoms with E-state index in [1.165, 1.54) is 13.3 Å². The molecule has 2 aromatic rings. The van der Waals surface area contributed by atoms with Gasteiger partial charge in [-0.05, 0) is 6.07 Å². The van der Waals surface area contributed by atoms with Crippen LogP contribution in [0.1, 0.15) is 15.9 Å². The van der Waals surface area contributed by atoms with Crippen LogP contribution in [-0.4, -0.2) is 28.7 Å². The summed E-state index contributed by atoms with van der Waals surface area (Å²) in [6, 6.07) is 11.7. The summed E-state index contributed by atoms with van der Waals surface area (Å²) >= 11 is 0. The Morgan fingerprint density at radius 3 is 2.57 bits per heavy atom. The zero-order chi connectivity index (χ0) is 16.4. The van der Waals surface area contributed by atoms with Gasteiger partial charge >= 0.3 is 0 Å². The predicted octanol–water partition coefficient (Wildman–Crippen LogP) is 2.85. The van der Waals surface area contributed by atoms with E-state index in [2.05, 4.69) is 9.98 Å². The lowest BCUT2D eigenvalue weighted by Crippen LogP contribution is -2.08. The van der Waals surface area contributed by atoms with Gasteiger partial charge in [-0.2, -0.15) is 5.26 Å². The van der Waals surface area contributed by atoms with Gasteiger partial charge in [0.2, 0.25) is 5.88 Å². The minimum Gasteiger partial charge on any atom is -0.506 e. The molecule has 0 saturated heterocycles. The van der Waals surface area contributed by atoms with E-state index in [0.29, 0.717) is 22.7 Å². The smallest absolute Gasteiger partial charge is 0.213 e. The van der Waals surface area contributed by atoms with E-state index in [0.717, 1.165) is 0 Å². The summed E-state index contributed by atoms with van der Waals surface area (Å²) in [4.78, 5) is 20.5. The van der Waals surface area contributed by atoms with Crippen LogP contribution in [0.4, 0.5) is 5.69 Å². The van der Waals surface area contributed by atoms with E-state index in [4.69, 9.17) is 4.74 Å². The SMILES string of the molecule is COc1ccc(N=C(C#N)C2=C(O)c3ccccc3C2=O)cn1. The molecule has 23 heavy (non-hydrogen) atoms. The number of hydrogen-bond donors (Lipinski definition) is 1. The second-order valence-corrected chi connectivity index (χ2v) is 4.73. The summed E-state index contributed by atoms with van der Waals surface area (Å²) in [5, 5.41) is 19.6. The third-order valence-corrected chi connectivity index (χ3v) is 3.40. The first kappa shape index (κ1) is 14.5. The molecule has 3 rings (SSSR count). The number of nitrogens with zero attached hydrogens (tertiary/aromatic N) is 3. The van der Waals surface area contributed by atoms with Crippen molar-refractivity contribution in [2.75, 3.05) is 7.11 Å². The first-order valence-corrected chi connectivity index (χ1v) is 6.72. The Hall–Kier alpha value is -3.46. The topological polar surface area (TPSA) is 95.6 Å². The number of hydrogen-bond acceptors (Lipinski definition) is 6. The fraction of sp³-hybridized carbons (Fsp3) is 0.0588. The van der Waals surface area contributed by atoms with E-state index in [1.807, 2.05) is 6.07 Å². The highest BCUT2D eigenvalue weighted by atomic mass is 16.5. The highest BCUT2D eigenvalue weighted by Gasteiger charge is 2.32. The number of carbonyl (C=O) groups is 1. The van der Waals surface area contributed by atoms with Crippen LogP contribution in [0.3, 0.4) is 0 Å². The Kier molecular flexibility index (Phi) is 3.61. The van der Waals surface area contributed by atoms with Gasteiger partial charge in [-0.25, -0.2) is 9.98 Å². The zero-order valence-corrected chi connectivity index (χ0v) is 12.1. The fourth-order valence-electron chi connectivity index (χ4n) is 2.31. The molecule has 0 atom stereocenters. The predicted molar refractivity (Wildman–Crippen MR) is 83.8 cm³/mol. The van der Waals surface area contributed by atoms with Crippen LogP contribution in [0.5, 0.6) is 5.88 Å². The van der Waals surface area contributed by atoms with Crippen LogP contribution >= 0.6 is 0 Å². The van der Waals surface area contributed by atoms with Gasteiger partial charge in [0.25, 0.3) is 0 Å². The average molecular weight is 305 g/mol. The lowest BCUT2D eigenvalue weighted by Gasteiger charge is -2.01. The van der Waals surface area contributed by atoms with Crippen LogP contribution in [0.2, 0.25) is 0 Å². The van der Waals surface area contributed by atoms with Crippen LogP contribution in [0.25, 0.3) is 5.76 Å². The second-order valence-electron chi connectivity index (χ2n) is 4.73. The number of aliphatic imine (C=N–C) groups is 1. The molecule has 1 N–H and O–H groups in total. The van der Waals surface area contributed by atoms with Crippen molar-refractivity contribution in [1.29, 1.82) is 5.26 Å². The van der Waals surface area contributed by atoms with Crippen molar-refractivity contribution in [2.45, 2.75) is 0 Å². The van der Waals surface area contributed by atoms with Crippen molar-refractivity contribution < 1.29 is 14.6 Å². The van der Waals surface area contributed by atoms with Gasteiger partial charge in [-0.3, -0.25) is 4.79 Å². The number of rotatable bonds is 3. The molecule has 6 nitrogen and oxygen atoms in total. The van der Waals surface area contributed by atoms with Crippen molar-refractivity contribution in [3.8, 4) is 11.9 Å². The number of Topliss-reactive ketones (excluding diaryl/α,β-unsaturated/α-hetero) is 1. The van der Waals surface area contributed by atoms with Crippen molar-refractivity contribution in [2.24, 2.45) is 4.99 Å². The van der Waals surface area contributed by atoms with Gasteiger partial charge in [0.15, 0.2) is 11.5 Å². The number of carbonyl (C=O) groups excluding carboxylic acids is 1. The van der Waals surface area contributed by atoms with Crippen LogP contribution < -0.4 is 4.74 Å². The van der Waals surface area contributed by atoms with E-state index < -0.39 is 5.78 Å². The number of benzene rings is 1. The third kappa shape index (κ3) is 2.45. The Labute approximate surface area is 132 Å². The van der Waals surface area contributed by atoms with E-state index in [1.54, 1.807) is 36.4 Å². The maximum absolute atomic E-state index is 12.4. The molecule has 112 valence electrons. The molecule has 1 aliphatic carbocycles. The molecule has 0 radical (unpaired) electrons. The number of ether oxygens (including phenoxy) is 1. The third-order valence-electron chi connectivity index (χ3n) is 3.40. The van der Waals surface area contributed by atoms with E-state index >= 15 is 0 Å². The Morgan fingerprint density at radius 1 is 1.26 bits per heavy atom. The second kappa shape index (κ2) is 5.73. The number of allylic oxidation sites excluding steroid dienone is 1. The van der Waals surface area contributed by atoms with Crippen molar-refractivity contribution in [1.82, 2.24) is 4.98 Å². The first-order valence-electron chi connectivity index (χ1n) is 6.72. The highest BCUT2D eigenvalue weighted by Crippen LogP contribution is 2.32. The largest absolute Gasteiger partial charge is 0.506 e. The summed E-state index contributed by atoms with van der Waals surface area (Å²) in [6.07, 6.45) is 1.42. The Balaban J connectivity index is 2.05. The minimum absolute atomic E-state index is 0.0930. The van der Waals surface area contributed by atoms with Gasteiger partial charge < -0.3 is 9.84 Å².